The van der Waals surface area contributed by atoms with Crippen LogP contribution in [-0.4, -0.2) is 34.1 Å². The van der Waals surface area contributed by atoms with E-state index in [0.29, 0.717) is 12.4 Å². The standard InChI is InChI=1S/C15H18N4O2/c1-10-3-5-11(6-4-10)9-19-15(21-2)13(17-18-19)14(20)16-12-7-8-12/h3-6,12H,7-9H2,1-2H3,(H,16,20). The lowest BCUT2D eigenvalue weighted by Gasteiger charge is -2.07. The van der Waals surface area contributed by atoms with Crippen LogP contribution >= 0.6 is 0 Å². The predicted octanol–water partition coefficient (Wildman–Crippen LogP) is 1.54. The van der Waals surface area contributed by atoms with E-state index in [1.54, 1.807) is 4.68 Å². The number of nitrogens with zero attached hydrogens (tertiary/aromatic N) is 3. The van der Waals surface area contributed by atoms with Gasteiger partial charge in [0.15, 0.2) is 0 Å². The van der Waals surface area contributed by atoms with E-state index < -0.39 is 0 Å². The highest BCUT2D eigenvalue weighted by molar-refractivity contribution is 5.94. The number of aromatic nitrogens is 3. The van der Waals surface area contributed by atoms with Gasteiger partial charge in [0, 0.05) is 6.04 Å². The third kappa shape index (κ3) is 3.04. The lowest BCUT2D eigenvalue weighted by Crippen LogP contribution is -2.26. The van der Waals surface area contributed by atoms with Crippen molar-refractivity contribution >= 4 is 5.91 Å². The number of benzene rings is 1. The Bertz CT molecular complexity index is 644. The summed E-state index contributed by atoms with van der Waals surface area (Å²) < 4.78 is 6.92. The molecule has 2 aromatic rings. The molecule has 1 aliphatic carbocycles. The van der Waals surface area contributed by atoms with E-state index in [1.807, 2.05) is 31.2 Å². The predicted molar refractivity (Wildman–Crippen MR) is 77.3 cm³/mol. The number of hydrogen-bond acceptors (Lipinski definition) is 4. The molecule has 6 nitrogen and oxygen atoms in total. The fourth-order valence-corrected chi connectivity index (χ4v) is 2.10. The van der Waals surface area contributed by atoms with E-state index in [-0.39, 0.29) is 17.6 Å². The van der Waals surface area contributed by atoms with Crippen molar-refractivity contribution in [1.29, 1.82) is 0 Å². The summed E-state index contributed by atoms with van der Waals surface area (Å²) in [5.41, 5.74) is 2.53. The lowest BCUT2D eigenvalue weighted by atomic mass is 10.1. The molecule has 0 unspecified atom stereocenters. The molecule has 6 heteroatoms. The summed E-state index contributed by atoms with van der Waals surface area (Å²) in [6.07, 6.45) is 2.07. The van der Waals surface area contributed by atoms with Crippen molar-refractivity contribution in [3.05, 3.63) is 41.1 Å². The maximum Gasteiger partial charge on any atom is 0.277 e. The number of amides is 1. The number of carbonyl (C=O) groups is 1. The summed E-state index contributed by atoms with van der Waals surface area (Å²) in [7, 11) is 1.53. The van der Waals surface area contributed by atoms with Gasteiger partial charge in [-0.1, -0.05) is 35.0 Å². The molecule has 1 N–H and O–H groups in total. The highest BCUT2D eigenvalue weighted by Gasteiger charge is 2.28. The van der Waals surface area contributed by atoms with E-state index in [9.17, 15) is 4.79 Å². The molecular formula is C15H18N4O2. The normalized spacial score (nSPS) is 14.0. The minimum atomic E-state index is -0.218. The topological polar surface area (TPSA) is 69.0 Å². The molecule has 0 aliphatic heterocycles. The second-order valence-corrected chi connectivity index (χ2v) is 5.34. The van der Waals surface area contributed by atoms with Crippen molar-refractivity contribution in [2.45, 2.75) is 32.4 Å². The molecule has 0 bridgehead atoms. The second-order valence-electron chi connectivity index (χ2n) is 5.34. The van der Waals surface area contributed by atoms with Crippen LogP contribution in [0.1, 0.15) is 34.5 Å². The average Bonchev–Trinajstić information content (AvgIpc) is 3.19. The van der Waals surface area contributed by atoms with Crippen LogP contribution in [0.15, 0.2) is 24.3 Å². The van der Waals surface area contributed by atoms with Gasteiger partial charge in [0.2, 0.25) is 11.6 Å². The fourth-order valence-electron chi connectivity index (χ4n) is 2.10. The van der Waals surface area contributed by atoms with Gasteiger partial charge in [-0.05, 0) is 25.3 Å². The molecule has 0 saturated heterocycles. The van der Waals surface area contributed by atoms with Gasteiger partial charge in [-0.3, -0.25) is 4.79 Å². The van der Waals surface area contributed by atoms with Crippen LogP contribution in [0.25, 0.3) is 0 Å². The van der Waals surface area contributed by atoms with Crippen LogP contribution < -0.4 is 10.1 Å². The summed E-state index contributed by atoms with van der Waals surface area (Å²) in [5.74, 6) is 0.179. The number of rotatable bonds is 5. The van der Waals surface area contributed by atoms with Crippen LogP contribution in [0.5, 0.6) is 5.88 Å². The van der Waals surface area contributed by atoms with Crippen molar-refractivity contribution in [2.24, 2.45) is 0 Å². The maximum atomic E-state index is 12.1. The number of hydrogen-bond donors (Lipinski definition) is 1. The Morgan fingerprint density at radius 3 is 2.71 bits per heavy atom. The molecule has 1 aromatic heterocycles. The zero-order chi connectivity index (χ0) is 14.8. The number of aryl methyl sites for hydroxylation is 1. The van der Waals surface area contributed by atoms with Gasteiger partial charge >= 0.3 is 0 Å². The first kappa shape index (κ1) is 13.6. The largest absolute Gasteiger partial charge is 0.479 e. The van der Waals surface area contributed by atoms with Crippen LogP contribution in [-0.2, 0) is 6.54 Å². The molecule has 0 spiro atoms. The molecule has 1 aliphatic rings. The van der Waals surface area contributed by atoms with Crippen LogP contribution in [0.2, 0.25) is 0 Å². The SMILES string of the molecule is COc1c(C(=O)NC2CC2)nnn1Cc1ccc(C)cc1. The average molecular weight is 286 g/mol. The quantitative estimate of drug-likeness (QED) is 0.905. The highest BCUT2D eigenvalue weighted by atomic mass is 16.5. The van der Waals surface area contributed by atoms with Crippen molar-refractivity contribution < 1.29 is 9.53 Å². The Kier molecular flexibility index (Phi) is 3.60. The first-order chi connectivity index (χ1) is 10.2. The van der Waals surface area contributed by atoms with E-state index in [2.05, 4.69) is 15.6 Å². The van der Waals surface area contributed by atoms with Gasteiger partial charge in [-0.15, -0.1) is 5.10 Å². The van der Waals surface area contributed by atoms with Gasteiger partial charge < -0.3 is 10.1 Å². The van der Waals surface area contributed by atoms with Crippen LogP contribution in [0, 0.1) is 6.92 Å². The molecule has 1 heterocycles. The number of carbonyl (C=O) groups excluding carboxylic acids is 1. The van der Waals surface area contributed by atoms with Gasteiger partial charge in [-0.2, -0.15) is 0 Å². The fraction of sp³-hybridized carbons (Fsp3) is 0.400. The maximum absolute atomic E-state index is 12.1. The molecule has 110 valence electrons. The smallest absolute Gasteiger partial charge is 0.277 e. The molecule has 1 amide bonds. The number of nitrogens with one attached hydrogen (secondary N) is 1. The molecule has 0 radical (unpaired) electrons. The van der Waals surface area contributed by atoms with Gasteiger partial charge in [0.25, 0.3) is 5.91 Å². The summed E-state index contributed by atoms with van der Waals surface area (Å²) in [4.78, 5) is 12.1. The molecule has 3 rings (SSSR count). The first-order valence-electron chi connectivity index (χ1n) is 7.01. The van der Waals surface area contributed by atoms with E-state index >= 15 is 0 Å². The Balaban J connectivity index is 1.80. The molecule has 1 saturated carbocycles. The first-order valence-corrected chi connectivity index (χ1v) is 7.01. The summed E-state index contributed by atoms with van der Waals surface area (Å²) in [6, 6.07) is 8.42. The minimum Gasteiger partial charge on any atom is -0.479 e. The molecule has 1 fully saturated rings. The van der Waals surface area contributed by atoms with Crippen molar-refractivity contribution in [1.82, 2.24) is 20.3 Å². The van der Waals surface area contributed by atoms with Crippen LogP contribution in [0.4, 0.5) is 0 Å². The van der Waals surface area contributed by atoms with Crippen molar-refractivity contribution in [2.75, 3.05) is 7.11 Å². The molecule has 1 aromatic carbocycles. The van der Waals surface area contributed by atoms with Gasteiger partial charge in [0.05, 0.1) is 13.7 Å². The Hall–Kier alpha value is -2.37. The van der Waals surface area contributed by atoms with E-state index in [1.165, 1.54) is 12.7 Å². The monoisotopic (exact) mass is 286 g/mol. The van der Waals surface area contributed by atoms with Crippen molar-refractivity contribution in [3.8, 4) is 5.88 Å². The lowest BCUT2D eigenvalue weighted by molar-refractivity contribution is 0.0942. The number of methoxy groups -OCH3 is 1. The van der Waals surface area contributed by atoms with E-state index in [0.717, 1.165) is 18.4 Å². The highest BCUT2D eigenvalue weighted by Crippen LogP contribution is 2.22. The summed E-state index contributed by atoms with van der Waals surface area (Å²) in [5, 5.41) is 10.9. The summed E-state index contributed by atoms with van der Waals surface area (Å²) in [6.45, 7) is 2.56. The zero-order valence-electron chi connectivity index (χ0n) is 12.2. The third-order valence-corrected chi connectivity index (χ3v) is 3.46. The van der Waals surface area contributed by atoms with Crippen molar-refractivity contribution in [3.63, 3.8) is 0 Å². The van der Waals surface area contributed by atoms with Gasteiger partial charge in [-0.25, -0.2) is 4.68 Å². The Labute approximate surface area is 123 Å². The van der Waals surface area contributed by atoms with Gasteiger partial charge in [0.1, 0.15) is 0 Å². The molecule has 0 atom stereocenters. The molecular weight excluding hydrogens is 268 g/mol. The van der Waals surface area contributed by atoms with Crippen LogP contribution in [0.3, 0.4) is 0 Å². The zero-order valence-corrected chi connectivity index (χ0v) is 12.2. The molecule has 21 heavy (non-hydrogen) atoms. The number of ether oxygens (including phenoxy) is 1. The summed E-state index contributed by atoms with van der Waals surface area (Å²) >= 11 is 0. The van der Waals surface area contributed by atoms with E-state index in [4.69, 9.17) is 4.74 Å². The third-order valence-electron chi connectivity index (χ3n) is 3.46. The minimum absolute atomic E-state index is 0.218. The Morgan fingerprint density at radius 2 is 2.10 bits per heavy atom. The Morgan fingerprint density at radius 1 is 1.38 bits per heavy atom. The second kappa shape index (κ2) is 5.55.